The van der Waals surface area contributed by atoms with E-state index in [0.29, 0.717) is 12.0 Å². The predicted molar refractivity (Wildman–Crippen MR) is 73.1 cm³/mol. The minimum absolute atomic E-state index is 0.0251. The second-order valence-corrected chi connectivity index (χ2v) is 4.23. The van der Waals surface area contributed by atoms with Crippen LogP contribution < -0.4 is 10.3 Å². The van der Waals surface area contributed by atoms with E-state index in [4.69, 9.17) is 9.84 Å². The fourth-order valence-corrected chi connectivity index (χ4v) is 2.09. The number of aromatic nitrogens is 2. The van der Waals surface area contributed by atoms with Crippen LogP contribution in [0.25, 0.3) is 5.69 Å². The summed E-state index contributed by atoms with van der Waals surface area (Å²) in [7, 11) is 1.60. The van der Waals surface area contributed by atoms with Crippen molar-refractivity contribution in [2.75, 3.05) is 13.7 Å². The molecule has 1 heterocycles. The molecular weight excluding hydrogens is 244 g/mol. The average molecular weight is 262 g/mol. The third-order valence-electron chi connectivity index (χ3n) is 3.12. The van der Waals surface area contributed by atoms with Crippen LogP contribution in [0.3, 0.4) is 0 Å². The second kappa shape index (κ2) is 5.75. The number of nitrogens with zero attached hydrogens (tertiary/aromatic N) is 1. The van der Waals surface area contributed by atoms with Crippen LogP contribution in [0, 0.1) is 0 Å². The van der Waals surface area contributed by atoms with Crippen LogP contribution in [0.5, 0.6) is 5.75 Å². The van der Waals surface area contributed by atoms with Gasteiger partial charge in [0.2, 0.25) is 0 Å². The summed E-state index contributed by atoms with van der Waals surface area (Å²) in [5, 5.41) is 12.1. The lowest BCUT2D eigenvalue weighted by Gasteiger charge is -2.03. The SMILES string of the molecule is CCc1[nH]n(-c2ccc(OC)cc2)c(=O)c1CCO. The highest BCUT2D eigenvalue weighted by atomic mass is 16.5. The normalized spacial score (nSPS) is 10.7. The molecule has 0 radical (unpaired) electrons. The van der Waals surface area contributed by atoms with Crippen LogP contribution in [-0.2, 0) is 12.8 Å². The van der Waals surface area contributed by atoms with Crippen molar-refractivity contribution in [3.05, 3.63) is 45.9 Å². The molecule has 2 rings (SSSR count). The zero-order valence-electron chi connectivity index (χ0n) is 11.1. The zero-order chi connectivity index (χ0) is 13.8. The monoisotopic (exact) mass is 262 g/mol. The van der Waals surface area contributed by atoms with Gasteiger partial charge in [-0.2, -0.15) is 0 Å². The van der Waals surface area contributed by atoms with E-state index in [2.05, 4.69) is 5.10 Å². The van der Waals surface area contributed by atoms with Gasteiger partial charge in [-0.15, -0.1) is 0 Å². The Labute approximate surface area is 111 Å². The van der Waals surface area contributed by atoms with Crippen molar-refractivity contribution in [3.8, 4) is 11.4 Å². The number of hydrogen-bond acceptors (Lipinski definition) is 3. The lowest BCUT2D eigenvalue weighted by atomic mass is 10.1. The first-order valence-electron chi connectivity index (χ1n) is 6.29. The quantitative estimate of drug-likeness (QED) is 0.852. The molecule has 5 heteroatoms. The van der Waals surface area contributed by atoms with E-state index < -0.39 is 0 Å². The molecule has 5 nitrogen and oxygen atoms in total. The molecule has 1 aromatic heterocycles. The van der Waals surface area contributed by atoms with Crippen LogP contribution in [0.1, 0.15) is 18.2 Å². The van der Waals surface area contributed by atoms with Crippen molar-refractivity contribution in [1.29, 1.82) is 0 Å². The van der Waals surface area contributed by atoms with Crippen molar-refractivity contribution in [1.82, 2.24) is 9.78 Å². The Bertz CT molecular complexity index is 596. The Morgan fingerprint density at radius 1 is 1.32 bits per heavy atom. The molecule has 0 saturated heterocycles. The van der Waals surface area contributed by atoms with E-state index in [1.807, 2.05) is 19.1 Å². The Balaban J connectivity index is 2.46. The Kier molecular flexibility index (Phi) is 4.06. The number of benzene rings is 1. The molecule has 0 atom stereocenters. The minimum atomic E-state index is -0.101. The van der Waals surface area contributed by atoms with Gasteiger partial charge in [-0.25, -0.2) is 4.68 Å². The van der Waals surface area contributed by atoms with E-state index in [1.54, 1.807) is 19.2 Å². The smallest absolute Gasteiger partial charge is 0.274 e. The number of aliphatic hydroxyl groups excluding tert-OH is 1. The van der Waals surface area contributed by atoms with Gasteiger partial charge in [-0.05, 0) is 30.7 Å². The maximum absolute atomic E-state index is 12.3. The van der Waals surface area contributed by atoms with Crippen molar-refractivity contribution in [3.63, 3.8) is 0 Å². The molecule has 0 saturated carbocycles. The predicted octanol–water partition coefficient (Wildman–Crippen LogP) is 1.27. The van der Waals surface area contributed by atoms with Crippen LogP contribution in [0.15, 0.2) is 29.1 Å². The molecule has 0 unspecified atom stereocenters. The molecule has 0 spiro atoms. The first-order chi connectivity index (χ1) is 9.21. The first kappa shape index (κ1) is 13.4. The summed E-state index contributed by atoms with van der Waals surface area (Å²) in [6.07, 6.45) is 1.11. The molecule has 0 aliphatic rings. The highest BCUT2D eigenvalue weighted by Crippen LogP contribution is 2.14. The Hall–Kier alpha value is -2.01. The van der Waals surface area contributed by atoms with Crippen LogP contribution in [0.4, 0.5) is 0 Å². The number of rotatable bonds is 5. The lowest BCUT2D eigenvalue weighted by Crippen LogP contribution is -2.18. The van der Waals surface area contributed by atoms with Crippen LogP contribution >= 0.6 is 0 Å². The summed E-state index contributed by atoms with van der Waals surface area (Å²) in [6, 6.07) is 7.25. The Morgan fingerprint density at radius 3 is 2.53 bits per heavy atom. The number of ether oxygens (including phenoxy) is 1. The maximum atomic E-state index is 12.3. The van der Waals surface area contributed by atoms with Gasteiger partial charge in [0.25, 0.3) is 5.56 Å². The van der Waals surface area contributed by atoms with Gasteiger partial charge in [-0.3, -0.25) is 9.89 Å². The molecule has 19 heavy (non-hydrogen) atoms. The fraction of sp³-hybridized carbons (Fsp3) is 0.357. The molecule has 2 N–H and O–H groups in total. The van der Waals surface area contributed by atoms with E-state index in [0.717, 1.165) is 23.6 Å². The van der Waals surface area contributed by atoms with E-state index in [1.165, 1.54) is 4.68 Å². The van der Waals surface area contributed by atoms with Gasteiger partial charge in [-0.1, -0.05) is 6.92 Å². The number of aliphatic hydroxyl groups is 1. The third kappa shape index (κ3) is 2.56. The number of hydrogen-bond donors (Lipinski definition) is 2. The van der Waals surface area contributed by atoms with Gasteiger partial charge in [0.1, 0.15) is 5.75 Å². The maximum Gasteiger partial charge on any atom is 0.274 e. The number of H-pyrrole nitrogens is 1. The van der Waals surface area contributed by atoms with Gasteiger partial charge in [0.05, 0.1) is 12.8 Å². The number of methoxy groups -OCH3 is 1. The molecule has 0 amide bonds. The number of aromatic amines is 1. The molecule has 2 aromatic rings. The van der Waals surface area contributed by atoms with Crippen molar-refractivity contribution >= 4 is 0 Å². The largest absolute Gasteiger partial charge is 0.497 e. The standard InChI is InChI=1S/C14H18N2O3/c1-3-13-12(8-9-17)14(18)16(15-13)10-4-6-11(19-2)7-5-10/h4-7,15,17H,3,8-9H2,1-2H3. The van der Waals surface area contributed by atoms with Crippen LogP contribution in [0.2, 0.25) is 0 Å². The highest BCUT2D eigenvalue weighted by Gasteiger charge is 2.13. The lowest BCUT2D eigenvalue weighted by molar-refractivity contribution is 0.299. The summed E-state index contributed by atoms with van der Waals surface area (Å²) >= 11 is 0. The van der Waals surface area contributed by atoms with Gasteiger partial charge >= 0.3 is 0 Å². The average Bonchev–Trinajstić information content (AvgIpc) is 2.76. The highest BCUT2D eigenvalue weighted by molar-refractivity contribution is 5.38. The Morgan fingerprint density at radius 2 is 2.00 bits per heavy atom. The molecule has 0 aliphatic heterocycles. The molecule has 1 aromatic carbocycles. The molecule has 0 fully saturated rings. The third-order valence-corrected chi connectivity index (χ3v) is 3.12. The van der Waals surface area contributed by atoms with E-state index in [-0.39, 0.29) is 12.2 Å². The minimum Gasteiger partial charge on any atom is -0.497 e. The summed E-state index contributed by atoms with van der Waals surface area (Å²) < 4.78 is 6.60. The van der Waals surface area contributed by atoms with Crippen molar-refractivity contribution in [2.24, 2.45) is 0 Å². The van der Waals surface area contributed by atoms with Crippen LogP contribution in [-0.4, -0.2) is 28.6 Å². The number of aryl methyl sites for hydroxylation is 1. The molecule has 102 valence electrons. The number of nitrogens with one attached hydrogen (secondary N) is 1. The molecule has 0 aliphatic carbocycles. The molecular formula is C14H18N2O3. The van der Waals surface area contributed by atoms with Gasteiger partial charge < -0.3 is 9.84 Å². The van der Waals surface area contributed by atoms with Crippen molar-refractivity contribution in [2.45, 2.75) is 19.8 Å². The summed E-state index contributed by atoms with van der Waals surface area (Å²) in [5.41, 5.74) is 2.18. The van der Waals surface area contributed by atoms with E-state index >= 15 is 0 Å². The van der Waals surface area contributed by atoms with Crippen molar-refractivity contribution < 1.29 is 9.84 Å². The summed E-state index contributed by atoms with van der Waals surface area (Å²) in [5.74, 6) is 0.745. The zero-order valence-corrected chi connectivity index (χ0v) is 11.1. The van der Waals surface area contributed by atoms with Gasteiger partial charge in [0.15, 0.2) is 0 Å². The summed E-state index contributed by atoms with van der Waals surface area (Å²) in [6.45, 7) is 1.95. The topological polar surface area (TPSA) is 67.2 Å². The second-order valence-electron chi connectivity index (χ2n) is 4.23. The van der Waals surface area contributed by atoms with Gasteiger partial charge in [0, 0.05) is 24.3 Å². The first-order valence-corrected chi connectivity index (χ1v) is 6.29. The molecule has 0 bridgehead atoms. The van der Waals surface area contributed by atoms with E-state index in [9.17, 15) is 4.79 Å². The summed E-state index contributed by atoms with van der Waals surface area (Å²) in [4.78, 5) is 12.3. The fourth-order valence-electron chi connectivity index (χ4n) is 2.09.